The Hall–Kier alpha value is -0.0800. The lowest BCUT2D eigenvalue weighted by atomic mass is 10.2. The van der Waals surface area contributed by atoms with E-state index in [1.54, 1.807) is 0 Å². The average molecular weight is 173 g/mol. The number of nitrogens with zero attached hydrogens (tertiary/aromatic N) is 1. The van der Waals surface area contributed by atoms with Gasteiger partial charge in [-0.15, -0.1) is 0 Å². The summed E-state index contributed by atoms with van der Waals surface area (Å²) < 4.78 is 5.47. The molecule has 1 atom stereocenters. The van der Waals surface area contributed by atoms with Crippen LogP contribution in [0.15, 0.2) is 0 Å². The van der Waals surface area contributed by atoms with E-state index in [4.69, 9.17) is 4.74 Å². The zero-order valence-electron chi connectivity index (χ0n) is 9.13. The number of hydrogen-bond acceptors (Lipinski definition) is 2. The second kappa shape index (κ2) is 6.44. The van der Waals surface area contributed by atoms with Gasteiger partial charge in [0.2, 0.25) is 0 Å². The van der Waals surface area contributed by atoms with Crippen molar-refractivity contribution in [1.82, 2.24) is 4.90 Å². The molecule has 0 heterocycles. The van der Waals surface area contributed by atoms with Crippen LogP contribution in [0.2, 0.25) is 0 Å². The molecule has 0 aliphatic heterocycles. The Kier molecular flexibility index (Phi) is 6.39. The summed E-state index contributed by atoms with van der Waals surface area (Å²) in [6.45, 7) is 10.5. The molecule has 2 heteroatoms. The van der Waals surface area contributed by atoms with E-state index in [0.29, 0.717) is 12.1 Å². The maximum atomic E-state index is 5.47. The summed E-state index contributed by atoms with van der Waals surface area (Å²) in [6.07, 6.45) is 1.56. The van der Waals surface area contributed by atoms with Crippen molar-refractivity contribution in [2.75, 3.05) is 20.2 Å². The van der Waals surface area contributed by atoms with E-state index >= 15 is 0 Å². The Morgan fingerprint density at radius 2 is 1.83 bits per heavy atom. The summed E-state index contributed by atoms with van der Waals surface area (Å²) in [5.74, 6) is 0. The summed E-state index contributed by atoms with van der Waals surface area (Å²) in [6, 6.07) is 0.667. The third kappa shape index (κ3) is 5.56. The molecule has 1 unspecified atom stereocenters. The van der Waals surface area contributed by atoms with Crippen LogP contribution < -0.4 is 0 Å². The maximum Gasteiger partial charge on any atom is 0.0596 e. The SMILES string of the molecule is CCC(C)N(C)CCOC(C)C. The molecule has 2 nitrogen and oxygen atoms in total. The van der Waals surface area contributed by atoms with Gasteiger partial charge in [-0.3, -0.25) is 0 Å². The van der Waals surface area contributed by atoms with Crippen LogP contribution in [0.1, 0.15) is 34.1 Å². The van der Waals surface area contributed by atoms with E-state index in [1.807, 2.05) is 0 Å². The Balaban J connectivity index is 3.37. The molecule has 0 aromatic rings. The summed E-state index contributed by atoms with van der Waals surface area (Å²) in [4.78, 5) is 2.34. The van der Waals surface area contributed by atoms with Crippen molar-refractivity contribution >= 4 is 0 Å². The van der Waals surface area contributed by atoms with Crippen LogP contribution in [0.3, 0.4) is 0 Å². The molecule has 0 bridgehead atoms. The first-order valence-corrected chi connectivity index (χ1v) is 4.89. The first kappa shape index (κ1) is 11.9. The second-order valence-electron chi connectivity index (χ2n) is 3.66. The minimum Gasteiger partial charge on any atom is -0.377 e. The molecule has 0 saturated carbocycles. The first-order valence-electron chi connectivity index (χ1n) is 4.89. The van der Waals surface area contributed by atoms with Gasteiger partial charge in [-0.05, 0) is 34.2 Å². The van der Waals surface area contributed by atoms with Crippen LogP contribution in [0, 0.1) is 0 Å². The molecule has 0 saturated heterocycles. The Morgan fingerprint density at radius 1 is 1.25 bits per heavy atom. The zero-order valence-corrected chi connectivity index (χ0v) is 9.13. The Morgan fingerprint density at radius 3 is 2.25 bits per heavy atom. The van der Waals surface area contributed by atoms with E-state index in [2.05, 4.69) is 39.6 Å². The summed E-state index contributed by atoms with van der Waals surface area (Å²) in [7, 11) is 2.15. The standard InChI is InChI=1S/C10H23NO/c1-6-10(4)11(5)7-8-12-9(2)3/h9-10H,6-8H2,1-5H3. The van der Waals surface area contributed by atoms with Gasteiger partial charge in [0.1, 0.15) is 0 Å². The normalized spacial score (nSPS) is 14.2. The third-order valence-electron chi connectivity index (χ3n) is 2.24. The van der Waals surface area contributed by atoms with E-state index in [-0.39, 0.29) is 0 Å². The molecule has 12 heavy (non-hydrogen) atoms. The maximum absolute atomic E-state index is 5.47. The molecule has 0 fully saturated rings. The Labute approximate surface area is 76.9 Å². The molecule has 0 spiro atoms. The fourth-order valence-electron chi connectivity index (χ4n) is 0.964. The number of rotatable bonds is 6. The summed E-state index contributed by atoms with van der Waals surface area (Å²) >= 11 is 0. The van der Waals surface area contributed by atoms with Crippen LogP contribution in [-0.4, -0.2) is 37.2 Å². The van der Waals surface area contributed by atoms with Crippen molar-refractivity contribution in [3.05, 3.63) is 0 Å². The third-order valence-corrected chi connectivity index (χ3v) is 2.24. The van der Waals surface area contributed by atoms with Gasteiger partial charge in [-0.25, -0.2) is 0 Å². The smallest absolute Gasteiger partial charge is 0.0596 e. The second-order valence-corrected chi connectivity index (χ2v) is 3.66. The van der Waals surface area contributed by atoms with Gasteiger partial charge < -0.3 is 9.64 Å². The topological polar surface area (TPSA) is 12.5 Å². The first-order chi connectivity index (χ1) is 5.57. The quantitative estimate of drug-likeness (QED) is 0.610. The minimum absolute atomic E-state index is 0.357. The van der Waals surface area contributed by atoms with Gasteiger partial charge in [-0.1, -0.05) is 6.92 Å². The lowest BCUT2D eigenvalue weighted by Crippen LogP contribution is -2.32. The van der Waals surface area contributed by atoms with Gasteiger partial charge in [0, 0.05) is 12.6 Å². The van der Waals surface area contributed by atoms with Gasteiger partial charge in [-0.2, -0.15) is 0 Å². The molecule has 0 aliphatic carbocycles. The van der Waals surface area contributed by atoms with Crippen molar-refractivity contribution in [2.24, 2.45) is 0 Å². The van der Waals surface area contributed by atoms with E-state index in [9.17, 15) is 0 Å². The van der Waals surface area contributed by atoms with Gasteiger partial charge in [0.15, 0.2) is 0 Å². The van der Waals surface area contributed by atoms with Gasteiger partial charge >= 0.3 is 0 Å². The molecule has 74 valence electrons. The summed E-state index contributed by atoms with van der Waals surface area (Å²) in [5, 5.41) is 0. The lowest BCUT2D eigenvalue weighted by molar-refractivity contribution is 0.0570. The van der Waals surface area contributed by atoms with Gasteiger partial charge in [0.05, 0.1) is 12.7 Å². The summed E-state index contributed by atoms with van der Waals surface area (Å²) in [5.41, 5.74) is 0. The highest BCUT2D eigenvalue weighted by Crippen LogP contribution is 1.99. The number of likely N-dealkylation sites (N-methyl/N-ethyl adjacent to an activating group) is 1. The van der Waals surface area contributed by atoms with Crippen molar-refractivity contribution in [3.63, 3.8) is 0 Å². The van der Waals surface area contributed by atoms with E-state index in [1.165, 1.54) is 6.42 Å². The van der Waals surface area contributed by atoms with Crippen LogP contribution in [0.25, 0.3) is 0 Å². The number of hydrogen-bond donors (Lipinski definition) is 0. The molecular weight excluding hydrogens is 150 g/mol. The Bertz CT molecular complexity index is 104. The van der Waals surface area contributed by atoms with Crippen molar-refractivity contribution in [3.8, 4) is 0 Å². The fraction of sp³-hybridized carbons (Fsp3) is 1.00. The van der Waals surface area contributed by atoms with Crippen LogP contribution in [0.4, 0.5) is 0 Å². The van der Waals surface area contributed by atoms with E-state index < -0.39 is 0 Å². The van der Waals surface area contributed by atoms with Crippen LogP contribution >= 0.6 is 0 Å². The monoisotopic (exact) mass is 173 g/mol. The molecule has 0 aliphatic rings. The molecular formula is C10H23NO. The molecule has 0 aromatic heterocycles. The lowest BCUT2D eigenvalue weighted by Gasteiger charge is -2.23. The number of ether oxygens (including phenoxy) is 1. The van der Waals surface area contributed by atoms with Gasteiger partial charge in [0.25, 0.3) is 0 Å². The van der Waals surface area contributed by atoms with Crippen molar-refractivity contribution in [2.45, 2.75) is 46.3 Å². The fourth-order valence-corrected chi connectivity index (χ4v) is 0.964. The molecule has 0 amide bonds. The van der Waals surface area contributed by atoms with Crippen LogP contribution in [0.5, 0.6) is 0 Å². The molecule has 0 aromatic carbocycles. The molecule has 0 radical (unpaired) electrons. The zero-order chi connectivity index (χ0) is 9.56. The van der Waals surface area contributed by atoms with Crippen molar-refractivity contribution < 1.29 is 4.74 Å². The molecule has 0 N–H and O–H groups in total. The van der Waals surface area contributed by atoms with Crippen LogP contribution in [-0.2, 0) is 4.74 Å². The highest BCUT2D eigenvalue weighted by Gasteiger charge is 2.05. The predicted octanol–water partition coefficient (Wildman–Crippen LogP) is 2.14. The largest absolute Gasteiger partial charge is 0.377 e. The van der Waals surface area contributed by atoms with Crippen molar-refractivity contribution in [1.29, 1.82) is 0 Å². The highest BCUT2D eigenvalue weighted by atomic mass is 16.5. The average Bonchev–Trinajstić information content (AvgIpc) is 2.02. The highest BCUT2D eigenvalue weighted by molar-refractivity contribution is 4.60. The van der Waals surface area contributed by atoms with E-state index in [0.717, 1.165) is 13.2 Å². The molecule has 0 rings (SSSR count). The minimum atomic E-state index is 0.357. The predicted molar refractivity (Wildman–Crippen MR) is 53.5 cm³/mol.